The number of likely N-dealkylation sites (tertiary alicyclic amines) is 1. The third-order valence-electron chi connectivity index (χ3n) is 4.54. The van der Waals surface area contributed by atoms with E-state index in [9.17, 15) is 9.59 Å². The molecule has 2 N–H and O–H groups in total. The molecule has 5 nitrogen and oxygen atoms in total. The predicted molar refractivity (Wildman–Crippen MR) is 92.9 cm³/mol. The fourth-order valence-electron chi connectivity index (χ4n) is 3.23. The van der Waals surface area contributed by atoms with Crippen molar-refractivity contribution in [3.8, 4) is 0 Å². The van der Waals surface area contributed by atoms with Crippen LogP contribution in [0, 0.1) is 11.8 Å². The zero-order valence-electron chi connectivity index (χ0n) is 12.8. The van der Waals surface area contributed by atoms with E-state index in [0.29, 0.717) is 24.0 Å². The molecule has 2 aliphatic rings. The van der Waals surface area contributed by atoms with Gasteiger partial charge in [-0.05, 0) is 43.1 Å². The summed E-state index contributed by atoms with van der Waals surface area (Å²) in [5.41, 5.74) is 6.47. The van der Waals surface area contributed by atoms with Gasteiger partial charge in [-0.1, -0.05) is 11.6 Å². The summed E-state index contributed by atoms with van der Waals surface area (Å²) in [6, 6.07) is 7.14. The van der Waals surface area contributed by atoms with Crippen LogP contribution in [0.25, 0.3) is 0 Å². The summed E-state index contributed by atoms with van der Waals surface area (Å²) in [5.74, 6) is 0.226. The second-order valence-electron chi connectivity index (χ2n) is 6.06. The van der Waals surface area contributed by atoms with Gasteiger partial charge in [0.1, 0.15) is 0 Å². The van der Waals surface area contributed by atoms with Crippen molar-refractivity contribution in [1.29, 1.82) is 0 Å². The van der Waals surface area contributed by atoms with Crippen molar-refractivity contribution in [2.45, 2.75) is 12.8 Å². The number of hydrogen-bond acceptors (Lipinski definition) is 3. The van der Waals surface area contributed by atoms with Gasteiger partial charge in [-0.3, -0.25) is 9.59 Å². The summed E-state index contributed by atoms with van der Waals surface area (Å²) in [7, 11) is 0. The Morgan fingerprint density at radius 1 is 1.26 bits per heavy atom. The molecule has 1 aromatic rings. The maximum absolute atomic E-state index is 12.6. The minimum atomic E-state index is -0.250. The minimum absolute atomic E-state index is 0. The molecule has 2 aliphatic heterocycles. The first-order chi connectivity index (χ1) is 10.6. The first-order valence-corrected chi connectivity index (χ1v) is 8.01. The van der Waals surface area contributed by atoms with Crippen molar-refractivity contribution in [3.05, 3.63) is 29.3 Å². The number of rotatable bonds is 3. The van der Waals surface area contributed by atoms with Gasteiger partial charge in [-0.2, -0.15) is 0 Å². The van der Waals surface area contributed by atoms with Crippen LogP contribution in [0.15, 0.2) is 24.3 Å². The fraction of sp³-hybridized carbons (Fsp3) is 0.500. The third-order valence-corrected chi connectivity index (χ3v) is 4.80. The van der Waals surface area contributed by atoms with Crippen LogP contribution in [0.1, 0.15) is 12.8 Å². The van der Waals surface area contributed by atoms with E-state index < -0.39 is 0 Å². The molecular formula is C16H21Cl2N3O2. The van der Waals surface area contributed by atoms with E-state index in [0.717, 1.165) is 25.2 Å². The molecule has 23 heavy (non-hydrogen) atoms. The van der Waals surface area contributed by atoms with Crippen LogP contribution in [0.4, 0.5) is 5.69 Å². The number of hydrogen-bond donors (Lipinski definition) is 1. The van der Waals surface area contributed by atoms with Gasteiger partial charge in [-0.25, -0.2) is 0 Å². The Labute approximate surface area is 147 Å². The number of nitrogens with zero attached hydrogens (tertiary/aromatic N) is 2. The number of anilines is 1. The van der Waals surface area contributed by atoms with Gasteiger partial charge in [0.05, 0.1) is 5.92 Å². The molecule has 0 saturated carbocycles. The fourth-order valence-corrected chi connectivity index (χ4v) is 3.35. The van der Waals surface area contributed by atoms with Gasteiger partial charge in [0.15, 0.2) is 0 Å². The molecule has 0 aromatic heterocycles. The van der Waals surface area contributed by atoms with E-state index >= 15 is 0 Å². The maximum Gasteiger partial charge on any atom is 0.228 e. The molecule has 0 aliphatic carbocycles. The van der Waals surface area contributed by atoms with E-state index in [2.05, 4.69) is 0 Å². The van der Waals surface area contributed by atoms with E-state index in [-0.39, 0.29) is 36.6 Å². The molecule has 1 aromatic carbocycles. The standard InChI is InChI=1S/C16H20ClN3O2.ClH/c17-13-1-3-14(4-2-13)20-10-12(7-15(20)21)16(22)19-6-5-11(8-18)9-19;/h1-4,11-12H,5-10,18H2;1H. The summed E-state index contributed by atoms with van der Waals surface area (Å²) < 4.78 is 0. The van der Waals surface area contributed by atoms with Crippen molar-refractivity contribution in [2.75, 3.05) is 31.1 Å². The van der Waals surface area contributed by atoms with Crippen molar-refractivity contribution in [2.24, 2.45) is 17.6 Å². The third kappa shape index (κ3) is 3.79. The highest BCUT2D eigenvalue weighted by Gasteiger charge is 2.38. The monoisotopic (exact) mass is 357 g/mol. The summed E-state index contributed by atoms with van der Waals surface area (Å²) in [5, 5.41) is 0.632. The summed E-state index contributed by atoms with van der Waals surface area (Å²) >= 11 is 5.87. The lowest BCUT2D eigenvalue weighted by atomic mass is 10.1. The van der Waals surface area contributed by atoms with Gasteiger partial charge in [0, 0.05) is 36.8 Å². The number of benzene rings is 1. The molecule has 2 unspecified atom stereocenters. The van der Waals surface area contributed by atoms with Crippen molar-refractivity contribution in [1.82, 2.24) is 4.90 Å². The van der Waals surface area contributed by atoms with E-state index in [1.165, 1.54) is 0 Å². The van der Waals surface area contributed by atoms with Crippen LogP contribution >= 0.6 is 24.0 Å². The average molecular weight is 358 g/mol. The molecule has 126 valence electrons. The van der Waals surface area contributed by atoms with Crippen LogP contribution < -0.4 is 10.6 Å². The van der Waals surface area contributed by atoms with Crippen molar-refractivity contribution in [3.63, 3.8) is 0 Å². The van der Waals surface area contributed by atoms with Gasteiger partial charge in [0.2, 0.25) is 11.8 Å². The van der Waals surface area contributed by atoms with Crippen molar-refractivity contribution < 1.29 is 9.59 Å². The normalized spacial score (nSPS) is 24.0. The lowest BCUT2D eigenvalue weighted by Gasteiger charge is -2.21. The highest BCUT2D eigenvalue weighted by Crippen LogP contribution is 2.28. The molecule has 0 bridgehead atoms. The topological polar surface area (TPSA) is 66.6 Å². The number of carbonyl (C=O) groups is 2. The Morgan fingerprint density at radius 2 is 1.96 bits per heavy atom. The second-order valence-corrected chi connectivity index (χ2v) is 6.49. The first kappa shape index (κ1) is 18.0. The summed E-state index contributed by atoms with van der Waals surface area (Å²) in [6.45, 7) is 2.54. The Bertz CT molecular complexity index is 579. The number of nitrogens with two attached hydrogens (primary N) is 1. The quantitative estimate of drug-likeness (QED) is 0.898. The molecule has 2 fully saturated rings. The molecule has 7 heteroatoms. The first-order valence-electron chi connectivity index (χ1n) is 7.63. The van der Waals surface area contributed by atoms with Crippen LogP contribution in [-0.2, 0) is 9.59 Å². The average Bonchev–Trinajstić information content (AvgIpc) is 3.14. The Morgan fingerprint density at radius 3 is 2.57 bits per heavy atom. The zero-order valence-corrected chi connectivity index (χ0v) is 14.4. The lowest BCUT2D eigenvalue weighted by molar-refractivity contribution is -0.134. The minimum Gasteiger partial charge on any atom is -0.342 e. The van der Waals surface area contributed by atoms with Gasteiger partial charge in [-0.15, -0.1) is 12.4 Å². The molecule has 3 rings (SSSR count). The highest BCUT2D eigenvalue weighted by atomic mass is 35.5. The largest absolute Gasteiger partial charge is 0.342 e. The molecule has 2 saturated heterocycles. The zero-order chi connectivity index (χ0) is 15.7. The Kier molecular flexibility index (Phi) is 5.89. The van der Waals surface area contributed by atoms with E-state index in [4.69, 9.17) is 17.3 Å². The van der Waals surface area contributed by atoms with Crippen LogP contribution in [0.3, 0.4) is 0 Å². The summed E-state index contributed by atoms with van der Waals surface area (Å²) in [6.07, 6.45) is 1.25. The molecule has 2 atom stereocenters. The summed E-state index contributed by atoms with van der Waals surface area (Å²) in [4.78, 5) is 28.3. The molecular weight excluding hydrogens is 337 g/mol. The van der Waals surface area contributed by atoms with Gasteiger partial charge >= 0.3 is 0 Å². The van der Waals surface area contributed by atoms with E-state index in [1.54, 1.807) is 17.0 Å². The number of carbonyl (C=O) groups excluding carboxylic acids is 2. The maximum atomic E-state index is 12.6. The van der Waals surface area contributed by atoms with Crippen LogP contribution in [0.5, 0.6) is 0 Å². The SMILES string of the molecule is Cl.NCC1CCN(C(=O)C2CC(=O)N(c3ccc(Cl)cc3)C2)C1. The Balaban J connectivity index is 0.00000192. The van der Waals surface area contributed by atoms with E-state index in [1.807, 2.05) is 17.0 Å². The number of amides is 2. The highest BCUT2D eigenvalue weighted by molar-refractivity contribution is 6.30. The smallest absolute Gasteiger partial charge is 0.228 e. The lowest BCUT2D eigenvalue weighted by Crippen LogP contribution is -2.36. The molecule has 2 amide bonds. The van der Waals surface area contributed by atoms with Crippen molar-refractivity contribution >= 4 is 41.5 Å². The van der Waals surface area contributed by atoms with Gasteiger partial charge in [0.25, 0.3) is 0 Å². The van der Waals surface area contributed by atoms with Gasteiger partial charge < -0.3 is 15.5 Å². The second kappa shape index (κ2) is 7.51. The predicted octanol–water partition coefficient (Wildman–Crippen LogP) is 1.92. The van der Waals surface area contributed by atoms with Crippen LogP contribution in [-0.4, -0.2) is 42.9 Å². The molecule has 2 heterocycles. The van der Waals surface area contributed by atoms with Crippen LogP contribution in [0.2, 0.25) is 5.02 Å². The molecule has 0 radical (unpaired) electrons. The Hall–Kier alpha value is -1.30. The number of halogens is 2. The molecule has 0 spiro atoms.